The minimum atomic E-state index is 0.869. The van der Waals surface area contributed by atoms with Crippen LogP contribution in [0, 0.1) is 0 Å². The van der Waals surface area contributed by atoms with Crippen molar-refractivity contribution in [2.45, 2.75) is 0 Å². The van der Waals surface area contributed by atoms with Crippen LogP contribution in [0.5, 0.6) is 5.75 Å². The van der Waals surface area contributed by atoms with Gasteiger partial charge in [-0.25, -0.2) is 0 Å². The van der Waals surface area contributed by atoms with Crippen LogP contribution in [0.1, 0.15) is 0 Å². The summed E-state index contributed by atoms with van der Waals surface area (Å²) in [6, 6.07) is 34.4. The van der Waals surface area contributed by atoms with Crippen molar-refractivity contribution in [2.24, 2.45) is 0 Å². The van der Waals surface area contributed by atoms with Crippen LogP contribution in [-0.4, -0.2) is 7.11 Å². The quantitative estimate of drug-likeness (QED) is 0.306. The summed E-state index contributed by atoms with van der Waals surface area (Å²) in [6.45, 7) is 0. The average Bonchev–Trinajstić information content (AvgIpc) is 2.79. The van der Waals surface area contributed by atoms with Gasteiger partial charge in [0, 0.05) is 0 Å². The molecule has 0 fully saturated rings. The Hall–Kier alpha value is -3.15. The van der Waals surface area contributed by atoms with E-state index in [0.717, 1.165) is 5.75 Å². The average molecular weight is 392 g/mol. The first-order valence-electron chi connectivity index (χ1n) is 9.70. The van der Waals surface area contributed by atoms with Gasteiger partial charge < -0.3 is 4.74 Å². The molecule has 0 amide bonds. The number of fused-ring (bicyclic) bond motifs is 2. The molecule has 5 aromatic rings. The first-order chi connectivity index (χ1) is 14.3. The lowest BCUT2D eigenvalue weighted by molar-refractivity contribution is 0.415. The van der Waals surface area contributed by atoms with E-state index < -0.39 is 0 Å². The van der Waals surface area contributed by atoms with Crippen molar-refractivity contribution in [3.8, 4) is 28.0 Å². The Morgan fingerprint density at radius 1 is 0.586 bits per heavy atom. The van der Waals surface area contributed by atoms with Gasteiger partial charge in [-0.05, 0) is 61.2 Å². The molecule has 0 aromatic heterocycles. The summed E-state index contributed by atoms with van der Waals surface area (Å²) >= 11 is 0. The van der Waals surface area contributed by atoms with E-state index in [2.05, 4.69) is 94.2 Å². The largest absolute Gasteiger partial charge is 0.497 e. The number of benzene rings is 5. The van der Waals surface area contributed by atoms with Crippen LogP contribution in [0.2, 0.25) is 0 Å². The summed E-state index contributed by atoms with van der Waals surface area (Å²) in [7, 11) is 4.64. The molecule has 0 saturated heterocycles. The van der Waals surface area contributed by atoms with E-state index in [0.29, 0.717) is 0 Å². The molecule has 0 heterocycles. The van der Waals surface area contributed by atoms with Gasteiger partial charge in [-0.2, -0.15) is 0 Å². The lowest BCUT2D eigenvalue weighted by atomic mass is 9.87. The zero-order valence-electron chi connectivity index (χ0n) is 16.2. The fraction of sp³-hybridized carbons (Fsp3) is 0.0370. The number of rotatable bonds is 3. The predicted molar refractivity (Wildman–Crippen MR) is 128 cm³/mol. The molecule has 0 N–H and O–H groups in total. The van der Waals surface area contributed by atoms with Crippen molar-refractivity contribution >= 4 is 36.1 Å². The van der Waals surface area contributed by atoms with Gasteiger partial charge >= 0.3 is 0 Å². The monoisotopic (exact) mass is 392 g/mol. The van der Waals surface area contributed by atoms with Gasteiger partial charge in [-0.3, -0.25) is 0 Å². The lowest BCUT2D eigenvalue weighted by Gasteiger charge is -2.18. The Morgan fingerprint density at radius 3 is 1.83 bits per heavy atom. The molecular formula is C27H21OP. The highest BCUT2D eigenvalue weighted by molar-refractivity contribution is 7.28. The van der Waals surface area contributed by atoms with Crippen molar-refractivity contribution in [1.82, 2.24) is 0 Å². The molecule has 2 heteroatoms. The highest BCUT2D eigenvalue weighted by Crippen LogP contribution is 2.41. The van der Waals surface area contributed by atoms with Gasteiger partial charge in [0.2, 0.25) is 0 Å². The number of hydrogen-bond donors (Lipinski definition) is 0. The molecule has 0 aliphatic heterocycles. The van der Waals surface area contributed by atoms with Crippen LogP contribution in [0.15, 0.2) is 97.1 Å². The summed E-state index contributed by atoms with van der Waals surface area (Å²) in [5.74, 6) is 0.869. The van der Waals surface area contributed by atoms with E-state index in [1.54, 1.807) is 7.11 Å². The molecule has 140 valence electrons. The second-order valence-electron chi connectivity index (χ2n) is 7.19. The summed E-state index contributed by atoms with van der Waals surface area (Å²) in [5.41, 5.74) is 4.96. The molecule has 1 atom stereocenters. The smallest absolute Gasteiger partial charge is 0.118 e. The highest BCUT2D eigenvalue weighted by atomic mass is 31.0. The first-order valence-corrected chi connectivity index (χ1v) is 10.3. The molecule has 0 radical (unpaired) electrons. The van der Waals surface area contributed by atoms with Gasteiger partial charge in [-0.15, -0.1) is 9.24 Å². The SMILES string of the molecule is COc1ccc(-c2ccc3ccccc3c2-c2c(P)ccc3ccccc23)cc1. The van der Waals surface area contributed by atoms with Crippen molar-refractivity contribution in [1.29, 1.82) is 0 Å². The molecule has 0 aliphatic rings. The molecule has 5 rings (SSSR count). The van der Waals surface area contributed by atoms with E-state index in [1.807, 2.05) is 12.1 Å². The minimum Gasteiger partial charge on any atom is -0.497 e. The van der Waals surface area contributed by atoms with E-state index in [-0.39, 0.29) is 0 Å². The fourth-order valence-corrected chi connectivity index (χ4v) is 4.52. The Labute approximate surface area is 173 Å². The maximum Gasteiger partial charge on any atom is 0.118 e. The second-order valence-corrected chi connectivity index (χ2v) is 7.81. The van der Waals surface area contributed by atoms with Gasteiger partial charge in [0.1, 0.15) is 5.75 Å². The van der Waals surface area contributed by atoms with Gasteiger partial charge in [0.15, 0.2) is 0 Å². The van der Waals surface area contributed by atoms with Crippen LogP contribution < -0.4 is 10.0 Å². The van der Waals surface area contributed by atoms with Gasteiger partial charge in [-0.1, -0.05) is 84.9 Å². The highest BCUT2D eigenvalue weighted by Gasteiger charge is 2.16. The Morgan fingerprint density at radius 2 is 1.17 bits per heavy atom. The molecule has 29 heavy (non-hydrogen) atoms. The molecule has 0 spiro atoms. The molecule has 1 nitrogen and oxygen atoms in total. The van der Waals surface area contributed by atoms with Crippen LogP contribution >= 0.6 is 9.24 Å². The van der Waals surface area contributed by atoms with Crippen molar-refractivity contribution in [3.05, 3.63) is 97.1 Å². The third-order valence-corrected chi connectivity index (χ3v) is 6.02. The maximum absolute atomic E-state index is 5.36. The number of ether oxygens (including phenoxy) is 1. The summed E-state index contributed by atoms with van der Waals surface area (Å²) in [4.78, 5) is 0. The molecule has 5 aromatic carbocycles. The van der Waals surface area contributed by atoms with Gasteiger partial charge in [0.05, 0.1) is 7.11 Å². The van der Waals surface area contributed by atoms with E-state index >= 15 is 0 Å². The summed E-state index contributed by atoms with van der Waals surface area (Å²) in [5, 5.41) is 6.24. The molecule has 0 saturated carbocycles. The third kappa shape index (κ3) is 3.09. The summed E-state index contributed by atoms with van der Waals surface area (Å²) in [6.07, 6.45) is 0. The Bertz CT molecular complexity index is 1340. The zero-order valence-corrected chi connectivity index (χ0v) is 17.4. The van der Waals surface area contributed by atoms with Gasteiger partial charge in [0.25, 0.3) is 0 Å². The van der Waals surface area contributed by atoms with Crippen LogP contribution in [-0.2, 0) is 0 Å². The summed E-state index contributed by atoms with van der Waals surface area (Å²) < 4.78 is 5.36. The maximum atomic E-state index is 5.36. The molecular weight excluding hydrogens is 371 g/mol. The second kappa shape index (κ2) is 7.35. The van der Waals surface area contributed by atoms with Crippen molar-refractivity contribution in [2.75, 3.05) is 7.11 Å². The van der Waals surface area contributed by atoms with Crippen molar-refractivity contribution in [3.63, 3.8) is 0 Å². The van der Waals surface area contributed by atoms with Crippen LogP contribution in [0.4, 0.5) is 0 Å². The van der Waals surface area contributed by atoms with Crippen LogP contribution in [0.3, 0.4) is 0 Å². The number of hydrogen-bond acceptors (Lipinski definition) is 1. The third-order valence-electron chi connectivity index (χ3n) is 5.54. The number of methoxy groups -OCH3 is 1. The van der Waals surface area contributed by atoms with E-state index in [9.17, 15) is 0 Å². The normalized spacial score (nSPS) is 11.1. The van der Waals surface area contributed by atoms with E-state index in [1.165, 1.54) is 49.1 Å². The van der Waals surface area contributed by atoms with E-state index in [4.69, 9.17) is 4.74 Å². The fourth-order valence-electron chi connectivity index (χ4n) is 4.12. The predicted octanol–water partition coefficient (Wildman–Crippen LogP) is 6.84. The minimum absolute atomic E-state index is 0.869. The first kappa shape index (κ1) is 17.9. The topological polar surface area (TPSA) is 9.23 Å². The van der Waals surface area contributed by atoms with Crippen molar-refractivity contribution < 1.29 is 4.74 Å². The Balaban J connectivity index is 1.91. The standard InChI is InChI=1S/C27H21OP/c1-28-21-14-10-20(11-15-21)24-16-12-18-6-2-4-8-22(18)26(24)27-23-9-5-3-7-19(23)13-17-25(27)29/h2-17H,29H2,1H3. The lowest BCUT2D eigenvalue weighted by Crippen LogP contribution is -2.00. The zero-order chi connectivity index (χ0) is 19.8. The Kier molecular flexibility index (Phi) is 4.54. The molecule has 0 bridgehead atoms. The molecule has 1 unspecified atom stereocenters. The molecule has 0 aliphatic carbocycles. The van der Waals surface area contributed by atoms with Crippen LogP contribution in [0.25, 0.3) is 43.8 Å².